The van der Waals surface area contributed by atoms with Gasteiger partial charge in [0.25, 0.3) is 0 Å². The van der Waals surface area contributed by atoms with Gasteiger partial charge in [0.15, 0.2) is 0 Å². The van der Waals surface area contributed by atoms with Gasteiger partial charge in [-0.2, -0.15) is 0 Å². The molecule has 0 amide bonds. The highest BCUT2D eigenvalue weighted by atomic mass is 16.7. The van der Waals surface area contributed by atoms with Gasteiger partial charge in [0.1, 0.15) is 23.0 Å². The van der Waals surface area contributed by atoms with Crippen molar-refractivity contribution in [2.75, 3.05) is 7.11 Å². The minimum atomic E-state index is -0.802. The van der Waals surface area contributed by atoms with Crippen molar-refractivity contribution < 1.29 is 28.5 Å². The summed E-state index contributed by atoms with van der Waals surface area (Å²) >= 11 is 0. The first-order chi connectivity index (χ1) is 19.4. The Morgan fingerprint density at radius 1 is 0.585 bits per heavy atom. The van der Waals surface area contributed by atoms with Crippen LogP contribution >= 0.6 is 0 Å². The molecule has 4 aromatic rings. The quantitative estimate of drug-likeness (QED) is 0.130. The fraction of sp³-hybridized carbons (Fsp3) is 0.257. The lowest BCUT2D eigenvalue weighted by atomic mass is 9.78. The van der Waals surface area contributed by atoms with Crippen LogP contribution < -0.4 is 18.9 Å². The lowest BCUT2D eigenvalue weighted by molar-refractivity contribution is -0.131. The summed E-state index contributed by atoms with van der Waals surface area (Å²) in [4.78, 5) is 24.2. The van der Waals surface area contributed by atoms with Crippen LogP contribution in [0, 0.1) is 27.7 Å². The Balaban J connectivity index is 1.47. The summed E-state index contributed by atoms with van der Waals surface area (Å²) in [6, 6.07) is 23.3. The summed E-state index contributed by atoms with van der Waals surface area (Å²) < 4.78 is 21.8. The van der Waals surface area contributed by atoms with Gasteiger partial charge < -0.3 is 18.9 Å². The molecule has 0 aliphatic heterocycles. The van der Waals surface area contributed by atoms with Crippen LogP contribution in [0.1, 0.15) is 54.2 Å². The van der Waals surface area contributed by atoms with Gasteiger partial charge in [0.2, 0.25) is 0 Å². The Morgan fingerprint density at radius 3 is 1.37 bits per heavy atom. The van der Waals surface area contributed by atoms with E-state index >= 15 is 0 Å². The van der Waals surface area contributed by atoms with E-state index in [1.807, 2.05) is 76.2 Å². The standard InChI is InChI=1S/C35H36O6/c1-21-17-26(18-22(2)32(21)39-25(5)36)27-19-23(3)33(24(4)20-27)41-34(37)40-31-15-11-29(12-16-31)35(6,7)28-9-13-30(38-8)14-10-28/h9-20H,1-8H3. The van der Waals surface area contributed by atoms with Crippen LogP contribution in [0.4, 0.5) is 4.79 Å². The minimum absolute atomic E-state index is 0.251. The first-order valence-corrected chi connectivity index (χ1v) is 13.4. The average molecular weight is 553 g/mol. The number of esters is 1. The third-order valence-electron chi connectivity index (χ3n) is 7.27. The van der Waals surface area contributed by atoms with E-state index in [2.05, 4.69) is 26.0 Å². The van der Waals surface area contributed by atoms with E-state index in [0.717, 1.165) is 50.3 Å². The molecule has 0 aliphatic carbocycles. The summed E-state index contributed by atoms with van der Waals surface area (Å²) in [6.07, 6.45) is -0.802. The van der Waals surface area contributed by atoms with Crippen molar-refractivity contribution in [2.24, 2.45) is 0 Å². The van der Waals surface area contributed by atoms with Crippen LogP contribution in [0.5, 0.6) is 23.0 Å². The SMILES string of the molecule is COc1ccc(C(C)(C)c2ccc(OC(=O)Oc3c(C)cc(-c4cc(C)c(OC(C)=O)c(C)c4)cc3C)cc2)cc1. The van der Waals surface area contributed by atoms with E-state index in [9.17, 15) is 9.59 Å². The second-order valence-electron chi connectivity index (χ2n) is 10.8. The molecule has 0 saturated carbocycles. The van der Waals surface area contributed by atoms with Crippen molar-refractivity contribution in [3.63, 3.8) is 0 Å². The third kappa shape index (κ3) is 6.60. The smallest absolute Gasteiger partial charge is 0.497 e. The molecule has 0 unspecified atom stereocenters. The molecule has 0 aromatic heterocycles. The maximum Gasteiger partial charge on any atom is 0.519 e. The Bertz CT molecular complexity index is 1530. The van der Waals surface area contributed by atoms with Crippen LogP contribution in [0.25, 0.3) is 11.1 Å². The summed E-state index contributed by atoms with van der Waals surface area (Å²) in [5.74, 6) is 1.90. The molecular formula is C35H36O6. The normalized spacial score (nSPS) is 11.1. The molecule has 4 aromatic carbocycles. The number of aryl methyl sites for hydroxylation is 4. The number of rotatable bonds is 7. The molecule has 4 rings (SSSR count). The van der Waals surface area contributed by atoms with Crippen molar-refractivity contribution in [3.05, 3.63) is 106 Å². The molecule has 0 spiro atoms. The second-order valence-corrected chi connectivity index (χ2v) is 10.8. The van der Waals surface area contributed by atoms with Crippen molar-refractivity contribution in [1.82, 2.24) is 0 Å². The molecule has 0 aliphatic rings. The Labute approximate surface area is 241 Å². The van der Waals surface area contributed by atoms with E-state index in [1.165, 1.54) is 6.92 Å². The summed E-state index contributed by atoms with van der Waals surface area (Å²) in [5.41, 5.74) is 7.26. The molecule has 212 valence electrons. The molecular weight excluding hydrogens is 516 g/mol. The highest BCUT2D eigenvalue weighted by Gasteiger charge is 2.23. The zero-order chi connectivity index (χ0) is 29.9. The lowest BCUT2D eigenvalue weighted by Crippen LogP contribution is -2.19. The lowest BCUT2D eigenvalue weighted by Gasteiger charge is -2.26. The number of hydrogen-bond donors (Lipinski definition) is 0. The minimum Gasteiger partial charge on any atom is -0.497 e. The monoisotopic (exact) mass is 552 g/mol. The number of methoxy groups -OCH3 is 1. The summed E-state index contributed by atoms with van der Waals surface area (Å²) in [5, 5.41) is 0. The Hall–Kier alpha value is -4.58. The van der Waals surface area contributed by atoms with Gasteiger partial charge in [-0.1, -0.05) is 38.1 Å². The number of carbonyl (C=O) groups is 2. The van der Waals surface area contributed by atoms with Crippen molar-refractivity contribution in [2.45, 2.75) is 53.9 Å². The van der Waals surface area contributed by atoms with Crippen LogP contribution in [0.15, 0.2) is 72.8 Å². The third-order valence-corrected chi connectivity index (χ3v) is 7.27. The van der Waals surface area contributed by atoms with E-state index in [-0.39, 0.29) is 11.4 Å². The molecule has 0 saturated heterocycles. The molecule has 6 nitrogen and oxygen atoms in total. The molecule has 0 atom stereocenters. The first kappa shape index (κ1) is 29.4. The molecule has 41 heavy (non-hydrogen) atoms. The highest BCUT2D eigenvalue weighted by molar-refractivity contribution is 5.75. The topological polar surface area (TPSA) is 71.1 Å². The maximum atomic E-state index is 12.7. The molecule has 0 heterocycles. The van der Waals surface area contributed by atoms with Crippen LogP contribution in [0.2, 0.25) is 0 Å². The summed E-state index contributed by atoms with van der Waals surface area (Å²) in [7, 11) is 1.65. The van der Waals surface area contributed by atoms with E-state index in [0.29, 0.717) is 17.2 Å². The van der Waals surface area contributed by atoms with Gasteiger partial charge >= 0.3 is 12.1 Å². The zero-order valence-electron chi connectivity index (χ0n) is 24.9. The molecule has 0 radical (unpaired) electrons. The Kier molecular flexibility index (Phi) is 8.52. The van der Waals surface area contributed by atoms with Gasteiger partial charge in [-0.3, -0.25) is 4.79 Å². The predicted molar refractivity (Wildman–Crippen MR) is 160 cm³/mol. The van der Waals surface area contributed by atoms with Crippen LogP contribution in [0.3, 0.4) is 0 Å². The number of carbonyl (C=O) groups excluding carboxylic acids is 2. The Morgan fingerprint density at radius 2 is 0.976 bits per heavy atom. The van der Waals surface area contributed by atoms with Gasteiger partial charge in [-0.15, -0.1) is 0 Å². The van der Waals surface area contributed by atoms with E-state index in [1.54, 1.807) is 19.2 Å². The van der Waals surface area contributed by atoms with Gasteiger partial charge in [-0.25, -0.2) is 4.79 Å². The number of ether oxygens (including phenoxy) is 4. The largest absolute Gasteiger partial charge is 0.519 e. The average Bonchev–Trinajstić information content (AvgIpc) is 2.92. The van der Waals surface area contributed by atoms with Crippen molar-refractivity contribution in [3.8, 4) is 34.1 Å². The van der Waals surface area contributed by atoms with Gasteiger partial charge in [-0.05, 0) is 121 Å². The molecule has 6 heteroatoms. The molecule has 0 fully saturated rings. The molecule has 0 bridgehead atoms. The maximum absolute atomic E-state index is 12.7. The summed E-state index contributed by atoms with van der Waals surface area (Å²) in [6.45, 7) is 13.3. The van der Waals surface area contributed by atoms with Gasteiger partial charge in [0, 0.05) is 12.3 Å². The number of hydrogen-bond acceptors (Lipinski definition) is 6. The fourth-order valence-corrected chi connectivity index (χ4v) is 5.01. The van der Waals surface area contributed by atoms with Crippen LogP contribution in [-0.2, 0) is 10.2 Å². The number of benzene rings is 4. The van der Waals surface area contributed by atoms with Crippen LogP contribution in [-0.4, -0.2) is 19.2 Å². The predicted octanol–water partition coefficient (Wildman–Crippen LogP) is 8.42. The fourth-order valence-electron chi connectivity index (χ4n) is 5.01. The molecule has 0 N–H and O–H groups in total. The first-order valence-electron chi connectivity index (χ1n) is 13.4. The van der Waals surface area contributed by atoms with E-state index < -0.39 is 6.16 Å². The van der Waals surface area contributed by atoms with Crippen molar-refractivity contribution >= 4 is 12.1 Å². The second kappa shape index (κ2) is 11.9. The van der Waals surface area contributed by atoms with E-state index in [4.69, 9.17) is 18.9 Å². The highest BCUT2D eigenvalue weighted by Crippen LogP contribution is 2.36. The van der Waals surface area contributed by atoms with Crippen molar-refractivity contribution in [1.29, 1.82) is 0 Å². The zero-order valence-corrected chi connectivity index (χ0v) is 24.9. The van der Waals surface area contributed by atoms with Gasteiger partial charge in [0.05, 0.1) is 7.11 Å².